The Bertz CT molecular complexity index is 1610. The molecule has 0 radical (unpaired) electrons. The van der Waals surface area contributed by atoms with Gasteiger partial charge in [-0.15, -0.1) is 0 Å². The summed E-state index contributed by atoms with van der Waals surface area (Å²) in [4.78, 5) is 49.2. The smallest absolute Gasteiger partial charge is 0.332 e. The summed E-state index contributed by atoms with van der Waals surface area (Å²) in [6.45, 7) is 1.36. The van der Waals surface area contributed by atoms with Crippen molar-refractivity contribution in [1.82, 2.24) is 13.4 Å². The molecule has 11 nitrogen and oxygen atoms in total. The topological polar surface area (TPSA) is 137 Å². The molecule has 4 rings (SSSR count). The number of fused-ring (bicyclic) bond motifs is 1. The third kappa shape index (κ3) is 5.46. The summed E-state index contributed by atoms with van der Waals surface area (Å²) >= 11 is 0. The minimum atomic E-state index is -3.92. The van der Waals surface area contributed by atoms with E-state index in [1.54, 1.807) is 24.3 Å². The molecule has 200 valence electrons. The largest absolute Gasteiger partial charge is 0.456 e. The number of rotatable bonds is 7. The Hall–Kier alpha value is -4.03. The molecule has 0 bridgehead atoms. The van der Waals surface area contributed by atoms with E-state index in [2.05, 4.69) is 5.32 Å². The van der Waals surface area contributed by atoms with E-state index >= 15 is 0 Å². The van der Waals surface area contributed by atoms with Crippen molar-refractivity contribution < 1.29 is 22.7 Å². The Morgan fingerprint density at radius 1 is 1.03 bits per heavy atom. The van der Waals surface area contributed by atoms with E-state index < -0.39 is 45.8 Å². The highest BCUT2D eigenvalue weighted by Crippen LogP contribution is 2.36. The van der Waals surface area contributed by atoms with Crippen molar-refractivity contribution in [2.45, 2.75) is 30.7 Å². The number of nitrogens with zero attached hydrogens (tertiary/aromatic N) is 3. The van der Waals surface area contributed by atoms with E-state index in [9.17, 15) is 27.6 Å². The third-order valence-corrected chi connectivity index (χ3v) is 8.43. The molecule has 0 fully saturated rings. The van der Waals surface area contributed by atoms with Crippen molar-refractivity contribution >= 4 is 27.7 Å². The van der Waals surface area contributed by atoms with Gasteiger partial charge in [-0.2, -0.15) is 4.31 Å². The zero-order valence-electron chi connectivity index (χ0n) is 21.2. The zero-order valence-corrected chi connectivity index (χ0v) is 22.0. The van der Waals surface area contributed by atoms with Crippen LogP contribution in [0.2, 0.25) is 0 Å². The Kier molecular flexibility index (Phi) is 7.65. The first-order valence-corrected chi connectivity index (χ1v) is 13.3. The maximum Gasteiger partial charge on any atom is 0.332 e. The maximum absolute atomic E-state index is 13.5. The molecule has 1 aromatic heterocycles. The fourth-order valence-corrected chi connectivity index (χ4v) is 5.97. The van der Waals surface area contributed by atoms with Gasteiger partial charge in [0.25, 0.3) is 11.5 Å². The van der Waals surface area contributed by atoms with Crippen molar-refractivity contribution in [3.05, 3.63) is 92.1 Å². The fourth-order valence-electron chi connectivity index (χ4n) is 4.37. The summed E-state index contributed by atoms with van der Waals surface area (Å²) in [7, 11) is -1.23. The Morgan fingerprint density at radius 3 is 2.42 bits per heavy atom. The summed E-state index contributed by atoms with van der Waals surface area (Å²) in [5.41, 5.74) is 1.32. The summed E-state index contributed by atoms with van der Waals surface area (Å²) in [5, 5.41) is 2.38. The van der Waals surface area contributed by atoms with Gasteiger partial charge in [0.2, 0.25) is 10.0 Å². The highest BCUT2D eigenvalue weighted by molar-refractivity contribution is 7.89. The number of aromatic nitrogens is 2. The number of nitrogens with one attached hydrogen (secondary N) is 1. The fraction of sp³-hybridized carbons (Fsp3) is 0.308. The van der Waals surface area contributed by atoms with E-state index in [1.165, 1.54) is 30.5 Å². The lowest BCUT2D eigenvalue weighted by Gasteiger charge is -2.36. The first kappa shape index (κ1) is 27.0. The Labute approximate surface area is 219 Å². The van der Waals surface area contributed by atoms with Gasteiger partial charge in [0.05, 0.1) is 17.4 Å². The molecule has 0 aliphatic carbocycles. The van der Waals surface area contributed by atoms with Gasteiger partial charge in [0.1, 0.15) is 5.82 Å². The first-order valence-electron chi connectivity index (χ1n) is 11.9. The summed E-state index contributed by atoms with van der Waals surface area (Å²) in [6, 6.07) is 14.1. The Morgan fingerprint density at radius 2 is 1.71 bits per heavy atom. The lowest BCUT2D eigenvalue weighted by atomic mass is 9.92. The molecular formula is C26H28N4O7S. The molecule has 0 saturated heterocycles. The lowest BCUT2D eigenvalue weighted by Crippen LogP contribution is -2.41. The number of sulfonamides is 1. The molecule has 0 spiro atoms. The average molecular weight is 541 g/mol. The monoisotopic (exact) mass is 540 g/mol. The molecule has 12 heteroatoms. The van der Waals surface area contributed by atoms with E-state index in [0.29, 0.717) is 12.0 Å². The molecule has 3 aromatic rings. The number of amides is 1. The van der Waals surface area contributed by atoms with Crippen LogP contribution in [0.25, 0.3) is 0 Å². The van der Waals surface area contributed by atoms with E-state index in [1.807, 2.05) is 19.1 Å². The molecule has 0 saturated carbocycles. The van der Waals surface area contributed by atoms with Gasteiger partial charge in [-0.3, -0.25) is 23.5 Å². The molecule has 1 aliphatic rings. The zero-order chi connectivity index (χ0) is 27.6. The number of carbonyl (C=O) groups excluding carboxylic acids is 2. The quantitative estimate of drug-likeness (QED) is 0.446. The average Bonchev–Trinajstić information content (AvgIpc) is 2.89. The number of carbonyl (C=O) groups is 2. The SMILES string of the molecule is Cc1ccc(S(=O)(=O)N2CCc3ccccc3C2CC(=O)OCC(=O)Nc2cc(=O)n(C)c(=O)n2C)cc1. The molecule has 2 heterocycles. The second-order valence-electron chi connectivity index (χ2n) is 9.07. The van der Waals surface area contributed by atoms with Crippen LogP contribution in [0.5, 0.6) is 0 Å². The van der Waals surface area contributed by atoms with Crippen LogP contribution in [0, 0.1) is 6.92 Å². The summed E-state index contributed by atoms with van der Waals surface area (Å²) in [5.74, 6) is -1.57. The van der Waals surface area contributed by atoms with Crippen LogP contribution >= 0.6 is 0 Å². The predicted molar refractivity (Wildman–Crippen MR) is 139 cm³/mol. The molecule has 2 aromatic carbocycles. The molecule has 1 aliphatic heterocycles. The van der Waals surface area contributed by atoms with Crippen LogP contribution in [-0.4, -0.2) is 46.9 Å². The molecular weight excluding hydrogens is 512 g/mol. The number of hydrogen-bond donors (Lipinski definition) is 1. The van der Waals surface area contributed by atoms with Gasteiger partial charge in [-0.05, 0) is 36.6 Å². The van der Waals surface area contributed by atoms with Crippen LogP contribution < -0.4 is 16.6 Å². The minimum absolute atomic E-state index is 0.0456. The first-order chi connectivity index (χ1) is 18.0. The van der Waals surface area contributed by atoms with Gasteiger partial charge in [-0.25, -0.2) is 13.2 Å². The van der Waals surface area contributed by atoms with Crippen molar-refractivity contribution in [2.24, 2.45) is 14.1 Å². The highest BCUT2D eigenvalue weighted by Gasteiger charge is 2.37. The maximum atomic E-state index is 13.5. The predicted octanol–water partition coefficient (Wildman–Crippen LogP) is 1.25. The van der Waals surface area contributed by atoms with Crippen LogP contribution in [0.1, 0.15) is 29.2 Å². The van der Waals surface area contributed by atoms with Crippen LogP contribution in [-0.2, 0) is 44.9 Å². The van der Waals surface area contributed by atoms with Crippen LogP contribution in [0.4, 0.5) is 5.82 Å². The lowest BCUT2D eigenvalue weighted by molar-refractivity contribution is -0.148. The summed E-state index contributed by atoms with van der Waals surface area (Å²) < 4.78 is 35.5. The van der Waals surface area contributed by atoms with Crippen molar-refractivity contribution in [3.63, 3.8) is 0 Å². The van der Waals surface area contributed by atoms with Crippen LogP contribution in [0.3, 0.4) is 0 Å². The second-order valence-corrected chi connectivity index (χ2v) is 11.0. The number of benzene rings is 2. The standard InChI is InChI=1S/C26H28N4O7S/c1-17-8-10-19(11-9-17)38(35,36)30-13-12-18-6-4-5-7-20(18)21(30)14-25(33)37-16-23(31)27-22-15-24(32)29(3)26(34)28(22)2/h4-11,15,21H,12-14,16H2,1-3H3,(H,27,31). The number of anilines is 1. The van der Waals surface area contributed by atoms with E-state index in [0.717, 1.165) is 26.3 Å². The van der Waals surface area contributed by atoms with Crippen LogP contribution in [0.15, 0.2) is 69.1 Å². The van der Waals surface area contributed by atoms with Crippen molar-refractivity contribution in [1.29, 1.82) is 0 Å². The van der Waals surface area contributed by atoms with Crippen molar-refractivity contribution in [2.75, 3.05) is 18.5 Å². The molecule has 38 heavy (non-hydrogen) atoms. The molecule has 1 atom stereocenters. The normalized spacial score (nSPS) is 15.5. The minimum Gasteiger partial charge on any atom is -0.456 e. The number of hydrogen-bond acceptors (Lipinski definition) is 7. The Balaban J connectivity index is 1.51. The van der Waals surface area contributed by atoms with Gasteiger partial charge in [0, 0.05) is 26.7 Å². The molecule has 1 amide bonds. The number of ether oxygens (including phenoxy) is 1. The number of esters is 1. The van der Waals surface area contributed by atoms with Gasteiger partial charge in [0.15, 0.2) is 6.61 Å². The number of aryl methyl sites for hydroxylation is 1. The second kappa shape index (κ2) is 10.8. The molecule has 1 N–H and O–H groups in total. The van der Waals surface area contributed by atoms with Gasteiger partial charge in [-0.1, -0.05) is 42.0 Å². The van der Waals surface area contributed by atoms with Crippen molar-refractivity contribution in [3.8, 4) is 0 Å². The highest BCUT2D eigenvalue weighted by atomic mass is 32.2. The van der Waals surface area contributed by atoms with Gasteiger partial charge < -0.3 is 10.1 Å². The van der Waals surface area contributed by atoms with E-state index in [-0.39, 0.29) is 23.7 Å². The third-order valence-electron chi connectivity index (χ3n) is 6.51. The molecule has 1 unspecified atom stereocenters. The summed E-state index contributed by atoms with van der Waals surface area (Å²) in [6.07, 6.45) is 0.185. The van der Waals surface area contributed by atoms with E-state index in [4.69, 9.17) is 4.74 Å². The van der Waals surface area contributed by atoms with Gasteiger partial charge >= 0.3 is 11.7 Å².